The standard InChI is InChI=1S/C10H17N2/c1-3-7-10(4-2)11-12-8-5-6-9-12/h5-6,8,10-11H,3-4,7H2,1-2H3. The molecule has 12 heavy (non-hydrogen) atoms. The van der Waals surface area contributed by atoms with Crippen LogP contribution < -0.4 is 5.43 Å². The van der Waals surface area contributed by atoms with E-state index >= 15 is 0 Å². The molecule has 2 nitrogen and oxygen atoms in total. The summed E-state index contributed by atoms with van der Waals surface area (Å²) in [7, 11) is 0. The first kappa shape index (κ1) is 9.17. The zero-order chi connectivity index (χ0) is 8.81. The van der Waals surface area contributed by atoms with E-state index in [0.717, 1.165) is 0 Å². The van der Waals surface area contributed by atoms with Gasteiger partial charge in [-0.3, -0.25) is 4.68 Å². The van der Waals surface area contributed by atoms with Crippen LogP contribution in [-0.2, 0) is 0 Å². The van der Waals surface area contributed by atoms with E-state index in [0.29, 0.717) is 6.04 Å². The molecule has 2 heteroatoms. The molecule has 0 aromatic carbocycles. The second-order valence-corrected chi connectivity index (χ2v) is 3.03. The van der Waals surface area contributed by atoms with E-state index in [1.54, 1.807) is 0 Å². The summed E-state index contributed by atoms with van der Waals surface area (Å²) in [6.07, 6.45) is 8.67. The Kier molecular flexibility index (Phi) is 3.71. The molecular weight excluding hydrogens is 148 g/mol. The number of rotatable bonds is 5. The first-order chi connectivity index (χ1) is 5.86. The summed E-state index contributed by atoms with van der Waals surface area (Å²) >= 11 is 0. The van der Waals surface area contributed by atoms with Crippen LogP contribution in [0.5, 0.6) is 0 Å². The van der Waals surface area contributed by atoms with Crippen molar-refractivity contribution in [2.24, 2.45) is 0 Å². The quantitative estimate of drug-likeness (QED) is 0.709. The molecule has 0 bridgehead atoms. The van der Waals surface area contributed by atoms with Gasteiger partial charge in [0.1, 0.15) is 0 Å². The molecule has 1 unspecified atom stereocenters. The van der Waals surface area contributed by atoms with Crippen molar-refractivity contribution in [3.8, 4) is 0 Å². The van der Waals surface area contributed by atoms with E-state index in [2.05, 4.69) is 25.5 Å². The van der Waals surface area contributed by atoms with Crippen molar-refractivity contribution in [1.29, 1.82) is 0 Å². The summed E-state index contributed by atoms with van der Waals surface area (Å²) in [5, 5.41) is 0. The van der Waals surface area contributed by atoms with Gasteiger partial charge >= 0.3 is 0 Å². The molecule has 1 N–H and O–H groups in total. The molecule has 1 aromatic heterocycles. The van der Waals surface area contributed by atoms with Crippen LogP contribution in [0, 0.1) is 6.20 Å². The summed E-state index contributed by atoms with van der Waals surface area (Å²) in [4.78, 5) is 0. The number of nitrogens with zero attached hydrogens (tertiary/aromatic N) is 1. The minimum absolute atomic E-state index is 0.582. The molecule has 0 aliphatic carbocycles. The van der Waals surface area contributed by atoms with Crippen LogP contribution in [0.4, 0.5) is 0 Å². The average Bonchev–Trinajstić information content (AvgIpc) is 2.56. The Morgan fingerprint density at radius 1 is 1.50 bits per heavy atom. The third-order valence-electron chi connectivity index (χ3n) is 2.00. The summed E-state index contributed by atoms with van der Waals surface area (Å²) in [6.45, 7) is 4.42. The van der Waals surface area contributed by atoms with Crippen molar-refractivity contribution < 1.29 is 0 Å². The summed E-state index contributed by atoms with van der Waals surface area (Å²) < 4.78 is 1.91. The maximum absolute atomic E-state index is 3.37. The second-order valence-electron chi connectivity index (χ2n) is 3.03. The molecule has 0 saturated heterocycles. The minimum atomic E-state index is 0.582. The third-order valence-corrected chi connectivity index (χ3v) is 2.00. The fourth-order valence-corrected chi connectivity index (χ4v) is 1.28. The smallest absolute Gasteiger partial charge is 0.0876 e. The van der Waals surface area contributed by atoms with E-state index in [4.69, 9.17) is 0 Å². The Hall–Kier alpha value is -0.920. The first-order valence-electron chi connectivity index (χ1n) is 4.68. The Labute approximate surface area is 74.6 Å². The van der Waals surface area contributed by atoms with Crippen LogP contribution in [0.15, 0.2) is 18.3 Å². The van der Waals surface area contributed by atoms with E-state index < -0.39 is 0 Å². The SMILES string of the molecule is CCCC(CC)Nn1[c]ccc1. The third kappa shape index (κ3) is 2.61. The second kappa shape index (κ2) is 4.86. The predicted octanol–water partition coefficient (Wildman–Crippen LogP) is 2.41. The van der Waals surface area contributed by atoms with Gasteiger partial charge < -0.3 is 5.43 Å². The molecule has 1 rings (SSSR count). The zero-order valence-corrected chi connectivity index (χ0v) is 7.88. The van der Waals surface area contributed by atoms with E-state index in [1.807, 2.05) is 23.0 Å². The molecule has 0 aliphatic rings. The lowest BCUT2D eigenvalue weighted by atomic mass is 10.1. The highest BCUT2D eigenvalue weighted by Gasteiger charge is 2.02. The molecule has 1 atom stereocenters. The molecule has 0 saturated carbocycles. The lowest BCUT2D eigenvalue weighted by Crippen LogP contribution is -2.26. The van der Waals surface area contributed by atoms with E-state index in [1.165, 1.54) is 19.3 Å². The predicted molar refractivity (Wildman–Crippen MR) is 51.6 cm³/mol. The highest BCUT2D eigenvalue weighted by Crippen LogP contribution is 2.02. The van der Waals surface area contributed by atoms with Crippen LogP contribution in [0.2, 0.25) is 0 Å². The Balaban J connectivity index is 2.37. The Bertz CT molecular complexity index is 192. The van der Waals surface area contributed by atoms with Gasteiger partial charge in [0, 0.05) is 12.2 Å². The molecule has 1 heterocycles. The van der Waals surface area contributed by atoms with Crippen molar-refractivity contribution in [1.82, 2.24) is 4.68 Å². The monoisotopic (exact) mass is 165 g/mol. The lowest BCUT2D eigenvalue weighted by Gasteiger charge is -2.17. The largest absolute Gasteiger partial charge is 0.323 e. The molecular formula is C10H17N2. The van der Waals surface area contributed by atoms with E-state index in [9.17, 15) is 0 Å². The van der Waals surface area contributed by atoms with Crippen molar-refractivity contribution >= 4 is 0 Å². The molecule has 1 aromatic rings. The average molecular weight is 165 g/mol. The van der Waals surface area contributed by atoms with Gasteiger partial charge in [-0.25, -0.2) is 0 Å². The Morgan fingerprint density at radius 2 is 2.33 bits per heavy atom. The maximum Gasteiger partial charge on any atom is 0.0876 e. The molecule has 0 aliphatic heterocycles. The molecule has 0 fully saturated rings. The van der Waals surface area contributed by atoms with Gasteiger partial charge in [0.25, 0.3) is 0 Å². The van der Waals surface area contributed by atoms with Crippen molar-refractivity contribution in [3.05, 3.63) is 24.5 Å². The normalized spacial score (nSPS) is 12.8. The van der Waals surface area contributed by atoms with Crippen molar-refractivity contribution in [3.63, 3.8) is 0 Å². The van der Waals surface area contributed by atoms with Crippen LogP contribution >= 0.6 is 0 Å². The number of nitrogens with one attached hydrogen (secondary N) is 1. The molecule has 0 amide bonds. The Morgan fingerprint density at radius 3 is 2.83 bits per heavy atom. The number of hydrogen-bond acceptors (Lipinski definition) is 1. The minimum Gasteiger partial charge on any atom is -0.323 e. The van der Waals surface area contributed by atoms with Crippen LogP contribution in [0.25, 0.3) is 0 Å². The van der Waals surface area contributed by atoms with Gasteiger partial charge in [0.2, 0.25) is 0 Å². The summed E-state index contributed by atoms with van der Waals surface area (Å²) in [6, 6.07) is 4.47. The van der Waals surface area contributed by atoms with Gasteiger partial charge in [0.15, 0.2) is 0 Å². The van der Waals surface area contributed by atoms with Crippen LogP contribution in [0.1, 0.15) is 33.1 Å². The topological polar surface area (TPSA) is 17.0 Å². The van der Waals surface area contributed by atoms with Crippen LogP contribution in [0.3, 0.4) is 0 Å². The fraction of sp³-hybridized carbons (Fsp3) is 0.600. The molecule has 67 valence electrons. The molecule has 1 radical (unpaired) electrons. The van der Waals surface area contributed by atoms with E-state index in [-0.39, 0.29) is 0 Å². The van der Waals surface area contributed by atoms with Crippen molar-refractivity contribution in [2.45, 2.75) is 39.2 Å². The van der Waals surface area contributed by atoms with Gasteiger partial charge in [-0.1, -0.05) is 20.3 Å². The van der Waals surface area contributed by atoms with Gasteiger partial charge in [-0.2, -0.15) is 0 Å². The summed E-state index contributed by atoms with van der Waals surface area (Å²) in [5.41, 5.74) is 3.37. The zero-order valence-electron chi connectivity index (χ0n) is 7.88. The lowest BCUT2D eigenvalue weighted by molar-refractivity contribution is 0.567. The van der Waals surface area contributed by atoms with Crippen LogP contribution in [-0.4, -0.2) is 10.7 Å². The number of aromatic nitrogens is 1. The summed E-state index contributed by atoms with van der Waals surface area (Å²) in [5.74, 6) is 0. The van der Waals surface area contributed by atoms with Gasteiger partial charge in [0.05, 0.1) is 6.20 Å². The van der Waals surface area contributed by atoms with Gasteiger partial charge in [-0.15, -0.1) is 0 Å². The highest BCUT2D eigenvalue weighted by atomic mass is 15.4. The first-order valence-corrected chi connectivity index (χ1v) is 4.68. The van der Waals surface area contributed by atoms with Crippen molar-refractivity contribution in [2.75, 3.05) is 5.43 Å². The molecule has 0 spiro atoms. The number of hydrogen-bond donors (Lipinski definition) is 1. The fourth-order valence-electron chi connectivity index (χ4n) is 1.28. The van der Waals surface area contributed by atoms with Gasteiger partial charge in [-0.05, 0) is 25.0 Å². The maximum atomic E-state index is 3.37. The highest BCUT2D eigenvalue weighted by molar-refractivity contribution is 4.93.